The van der Waals surface area contributed by atoms with Gasteiger partial charge in [-0.3, -0.25) is 14.9 Å². The molecule has 2 aromatic carbocycles. The number of fused-ring (bicyclic) bond motifs is 1. The minimum absolute atomic E-state index is 0.0454. The van der Waals surface area contributed by atoms with Crippen molar-refractivity contribution in [2.75, 3.05) is 11.9 Å². The van der Waals surface area contributed by atoms with E-state index in [1.807, 2.05) is 24.3 Å². The standard InChI is InChI=1S/C18H19N5O3/c24-18(20-12-17-21-15-4-1-2-5-16(15)22-17)6-3-11-19-13-7-9-14(10-8-13)23(25)26/h1-2,4-5,7-10,19H,3,6,11-12H2,(H,20,24)(H,21,22). The van der Waals surface area contributed by atoms with E-state index in [4.69, 9.17) is 0 Å². The predicted octanol–water partition coefficient (Wildman–Crippen LogP) is 2.98. The number of carbonyl (C=O) groups excluding carboxylic acids is 1. The topological polar surface area (TPSA) is 113 Å². The summed E-state index contributed by atoms with van der Waals surface area (Å²) >= 11 is 0. The second-order valence-electron chi connectivity index (χ2n) is 5.81. The van der Waals surface area contributed by atoms with E-state index in [0.29, 0.717) is 25.9 Å². The third-order valence-electron chi connectivity index (χ3n) is 3.88. The van der Waals surface area contributed by atoms with E-state index in [2.05, 4.69) is 20.6 Å². The van der Waals surface area contributed by atoms with Crippen molar-refractivity contribution >= 4 is 28.3 Å². The number of nitrogens with zero attached hydrogens (tertiary/aromatic N) is 2. The number of hydrogen-bond donors (Lipinski definition) is 3. The zero-order valence-corrected chi connectivity index (χ0v) is 14.1. The summed E-state index contributed by atoms with van der Waals surface area (Å²) in [6, 6.07) is 13.9. The number of hydrogen-bond acceptors (Lipinski definition) is 5. The van der Waals surface area contributed by atoms with Crippen LogP contribution in [0.25, 0.3) is 11.0 Å². The minimum Gasteiger partial charge on any atom is -0.385 e. The van der Waals surface area contributed by atoms with E-state index in [0.717, 1.165) is 22.5 Å². The molecule has 0 fully saturated rings. The number of nitro groups is 1. The predicted molar refractivity (Wildman–Crippen MR) is 98.8 cm³/mol. The number of aromatic nitrogens is 2. The smallest absolute Gasteiger partial charge is 0.269 e. The fourth-order valence-electron chi connectivity index (χ4n) is 2.54. The molecule has 1 amide bonds. The van der Waals surface area contributed by atoms with Crippen LogP contribution < -0.4 is 10.6 Å². The molecule has 0 bridgehead atoms. The zero-order valence-electron chi connectivity index (χ0n) is 14.1. The molecule has 0 aliphatic heterocycles. The highest BCUT2D eigenvalue weighted by atomic mass is 16.6. The monoisotopic (exact) mass is 353 g/mol. The van der Waals surface area contributed by atoms with Crippen LogP contribution in [0, 0.1) is 10.1 Å². The third kappa shape index (κ3) is 4.56. The molecule has 8 nitrogen and oxygen atoms in total. The summed E-state index contributed by atoms with van der Waals surface area (Å²) in [4.78, 5) is 29.6. The van der Waals surface area contributed by atoms with Gasteiger partial charge in [0.05, 0.1) is 22.5 Å². The van der Waals surface area contributed by atoms with Gasteiger partial charge in [0.25, 0.3) is 5.69 Å². The van der Waals surface area contributed by atoms with Crippen LogP contribution in [-0.2, 0) is 11.3 Å². The maximum absolute atomic E-state index is 11.9. The lowest BCUT2D eigenvalue weighted by Crippen LogP contribution is -2.23. The summed E-state index contributed by atoms with van der Waals surface area (Å²) in [5.41, 5.74) is 2.67. The lowest BCUT2D eigenvalue weighted by atomic mass is 10.2. The van der Waals surface area contributed by atoms with Crippen LogP contribution in [0.1, 0.15) is 18.7 Å². The Balaban J connectivity index is 1.36. The van der Waals surface area contributed by atoms with Gasteiger partial charge in [-0.15, -0.1) is 0 Å². The van der Waals surface area contributed by atoms with Gasteiger partial charge in [-0.2, -0.15) is 0 Å². The van der Waals surface area contributed by atoms with Crippen molar-refractivity contribution in [3.63, 3.8) is 0 Å². The highest BCUT2D eigenvalue weighted by Crippen LogP contribution is 2.15. The number of nitrogens with one attached hydrogen (secondary N) is 3. The molecular weight excluding hydrogens is 334 g/mol. The molecule has 1 aromatic heterocycles. The van der Waals surface area contributed by atoms with Crippen molar-refractivity contribution < 1.29 is 9.72 Å². The molecule has 134 valence electrons. The number of non-ortho nitro benzene ring substituents is 1. The number of aromatic amines is 1. The van der Waals surface area contributed by atoms with Crippen LogP contribution in [0.4, 0.5) is 11.4 Å². The van der Waals surface area contributed by atoms with E-state index >= 15 is 0 Å². The molecule has 1 heterocycles. The number of H-pyrrole nitrogens is 1. The zero-order chi connectivity index (χ0) is 18.4. The Morgan fingerprint density at radius 3 is 2.65 bits per heavy atom. The fourth-order valence-corrected chi connectivity index (χ4v) is 2.54. The maximum Gasteiger partial charge on any atom is 0.269 e. The number of amides is 1. The number of carbonyl (C=O) groups is 1. The summed E-state index contributed by atoms with van der Waals surface area (Å²) in [6.45, 7) is 0.971. The van der Waals surface area contributed by atoms with Crippen LogP contribution in [0.15, 0.2) is 48.5 Å². The molecule has 0 atom stereocenters. The first-order valence-electron chi connectivity index (χ1n) is 8.30. The summed E-state index contributed by atoms with van der Waals surface area (Å²) in [5.74, 6) is 0.680. The SMILES string of the molecule is O=C(CCCNc1ccc([N+](=O)[O-])cc1)NCc1nc2ccccc2[nH]1. The lowest BCUT2D eigenvalue weighted by Gasteiger charge is -2.06. The summed E-state index contributed by atoms with van der Waals surface area (Å²) in [5, 5.41) is 16.6. The largest absolute Gasteiger partial charge is 0.385 e. The van der Waals surface area contributed by atoms with Crippen LogP contribution in [0.3, 0.4) is 0 Å². The lowest BCUT2D eigenvalue weighted by molar-refractivity contribution is -0.384. The van der Waals surface area contributed by atoms with Gasteiger partial charge in [-0.1, -0.05) is 12.1 Å². The number of para-hydroxylation sites is 2. The Morgan fingerprint density at radius 2 is 1.92 bits per heavy atom. The van der Waals surface area contributed by atoms with E-state index in [-0.39, 0.29) is 11.6 Å². The highest BCUT2D eigenvalue weighted by Gasteiger charge is 2.06. The Kier molecular flexibility index (Phi) is 5.43. The third-order valence-corrected chi connectivity index (χ3v) is 3.88. The van der Waals surface area contributed by atoms with Crippen LogP contribution >= 0.6 is 0 Å². The van der Waals surface area contributed by atoms with Crippen molar-refractivity contribution in [2.24, 2.45) is 0 Å². The van der Waals surface area contributed by atoms with Gasteiger partial charge in [-0.05, 0) is 30.7 Å². The molecule has 3 aromatic rings. The molecule has 0 radical (unpaired) electrons. The number of nitro benzene ring substituents is 1. The van der Waals surface area contributed by atoms with Gasteiger partial charge in [0, 0.05) is 30.8 Å². The fraction of sp³-hybridized carbons (Fsp3) is 0.222. The van der Waals surface area contributed by atoms with Gasteiger partial charge in [0.1, 0.15) is 5.82 Å². The maximum atomic E-state index is 11.9. The first-order chi connectivity index (χ1) is 12.6. The van der Waals surface area contributed by atoms with Crippen molar-refractivity contribution in [1.29, 1.82) is 0 Å². The van der Waals surface area contributed by atoms with Gasteiger partial charge in [-0.25, -0.2) is 4.98 Å². The van der Waals surface area contributed by atoms with Crippen molar-refractivity contribution in [3.8, 4) is 0 Å². The number of rotatable bonds is 8. The number of anilines is 1. The van der Waals surface area contributed by atoms with Gasteiger partial charge in [0.15, 0.2) is 0 Å². The van der Waals surface area contributed by atoms with Crippen LogP contribution in [-0.4, -0.2) is 27.3 Å². The number of imidazole rings is 1. The average molecular weight is 353 g/mol. The van der Waals surface area contributed by atoms with E-state index < -0.39 is 4.92 Å². The Bertz CT molecular complexity index is 872. The molecule has 26 heavy (non-hydrogen) atoms. The molecule has 0 unspecified atom stereocenters. The van der Waals surface area contributed by atoms with E-state index in [9.17, 15) is 14.9 Å². The van der Waals surface area contributed by atoms with Gasteiger partial charge < -0.3 is 15.6 Å². The van der Waals surface area contributed by atoms with E-state index in [1.54, 1.807) is 12.1 Å². The first kappa shape index (κ1) is 17.4. The number of benzene rings is 2. The molecule has 0 aliphatic rings. The van der Waals surface area contributed by atoms with Crippen molar-refractivity contribution in [3.05, 3.63) is 64.5 Å². The summed E-state index contributed by atoms with van der Waals surface area (Å²) in [7, 11) is 0. The molecule has 0 aliphatic carbocycles. The van der Waals surface area contributed by atoms with Gasteiger partial charge in [0.2, 0.25) is 5.91 Å². The van der Waals surface area contributed by atoms with Gasteiger partial charge >= 0.3 is 0 Å². The molecule has 3 rings (SSSR count). The Morgan fingerprint density at radius 1 is 1.15 bits per heavy atom. The summed E-state index contributed by atoms with van der Waals surface area (Å²) in [6.07, 6.45) is 1.04. The highest BCUT2D eigenvalue weighted by molar-refractivity contribution is 5.77. The molecular formula is C18H19N5O3. The quantitative estimate of drug-likeness (QED) is 0.327. The molecule has 0 spiro atoms. The molecule has 8 heteroatoms. The Labute approximate surface area is 149 Å². The van der Waals surface area contributed by atoms with Crippen LogP contribution in [0.2, 0.25) is 0 Å². The van der Waals surface area contributed by atoms with Crippen LogP contribution in [0.5, 0.6) is 0 Å². The molecule has 0 saturated carbocycles. The van der Waals surface area contributed by atoms with Crippen molar-refractivity contribution in [1.82, 2.24) is 15.3 Å². The molecule has 3 N–H and O–H groups in total. The average Bonchev–Trinajstić information content (AvgIpc) is 3.07. The van der Waals surface area contributed by atoms with Crippen molar-refractivity contribution in [2.45, 2.75) is 19.4 Å². The Hall–Kier alpha value is -3.42. The normalized spacial score (nSPS) is 10.6. The molecule has 0 saturated heterocycles. The second-order valence-corrected chi connectivity index (χ2v) is 5.81. The second kappa shape index (κ2) is 8.11. The van der Waals surface area contributed by atoms with E-state index in [1.165, 1.54) is 12.1 Å². The minimum atomic E-state index is -0.434. The first-order valence-corrected chi connectivity index (χ1v) is 8.30. The summed E-state index contributed by atoms with van der Waals surface area (Å²) < 4.78 is 0.